The summed E-state index contributed by atoms with van der Waals surface area (Å²) in [5.41, 5.74) is 0.108. The largest absolute Gasteiger partial charge is 0.508 e. The molecular weight excluding hydrogens is 222 g/mol. The fraction of sp³-hybridized carbons (Fsp3) is 0. The van der Waals surface area contributed by atoms with Crippen LogP contribution in [0.2, 0.25) is 0 Å². The number of aromatic hydroxyl groups is 2. The minimum atomic E-state index is -0.596. The van der Waals surface area contributed by atoms with Gasteiger partial charge in [0.1, 0.15) is 17.1 Å². The van der Waals surface area contributed by atoms with Crippen LogP contribution in [-0.2, 0) is 0 Å². The highest BCUT2D eigenvalue weighted by Gasteiger charge is 2.09. The van der Waals surface area contributed by atoms with Crippen molar-refractivity contribution >= 4 is 21.9 Å². The Bertz CT molecular complexity index is 791. The summed E-state index contributed by atoms with van der Waals surface area (Å²) >= 11 is 0. The number of fused-ring (bicyclic) bond motifs is 3. The standard InChI is InChI=1S/C12H7NO4/c14-6-1-2-8-10(4-6)17-12(16)9-3-7(15)5-13-11(8)9/h1-5,14-15H. The Balaban J connectivity index is 2.60. The molecule has 0 radical (unpaired) electrons. The molecule has 2 aromatic heterocycles. The Kier molecular flexibility index (Phi) is 1.82. The molecule has 3 rings (SSSR count). The summed E-state index contributed by atoms with van der Waals surface area (Å²) < 4.78 is 5.04. The molecule has 3 aromatic rings. The van der Waals surface area contributed by atoms with Crippen LogP contribution < -0.4 is 5.63 Å². The molecule has 0 spiro atoms. The number of phenolic OH excluding ortho intramolecular Hbond substituents is 1. The smallest absolute Gasteiger partial charge is 0.345 e. The number of hydrogen-bond acceptors (Lipinski definition) is 5. The van der Waals surface area contributed by atoms with Crippen LogP contribution in [0.5, 0.6) is 11.5 Å². The molecule has 5 nitrogen and oxygen atoms in total. The predicted octanol–water partition coefficient (Wildman–Crippen LogP) is 1.75. The topological polar surface area (TPSA) is 83.6 Å². The average Bonchev–Trinajstić information content (AvgIpc) is 2.29. The molecule has 5 heteroatoms. The number of hydrogen-bond donors (Lipinski definition) is 2. The third kappa shape index (κ3) is 1.40. The van der Waals surface area contributed by atoms with Crippen molar-refractivity contribution in [2.45, 2.75) is 0 Å². The lowest BCUT2D eigenvalue weighted by Gasteiger charge is -2.02. The zero-order chi connectivity index (χ0) is 12.0. The second-order valence-corrected chi connectivity index (χ2v) is 3.66. The van der Waals surface area contributed by atoms with E-state index in [0.29, 0.717) is 10.9 Å². The first-order valence-corrected chi connectivity index (χ1v) is 4.90. The van der Waals surface area contributed by atoms with Gasteiger partial charge in [-0.15, -0.1) is 0 Å². The van der Waals surface area contributed by atoms with Crippen LogP contribution in [0.25, 0.3) is 21.9 Å². The van der Waals surface area contributed by atoms with Gasteiger partial charge in [-0.3, -0.25) is 4.98 Å². The molecule has 17 heavy (non-hydrogen) atoms. The van der Waals surface area contributed by atoms with Crippen LogP contribution in [0.4, 0.5) is 0 Å². The number of aromatic nitrogens is 1. The van der Waals surface area contributed by atoms with Crippen LogP contribution >= 0.6 is 0 Å². The molecule has 2 N–H and O–H groups in total. The second-order valence-electron chi connectivity index (χ2n) is 3.66. The van der Waals surface area contributed by atoms with Crippen molar-refractivity contribution < 1.29 is 14.6 Å². The van der Waals surface area contributed by atoms with Gasteiger partial charge in [0.25, 0.3) is 0 Å². The quantitative estimate of drug-likeness (QED) is 0.453. The van der Waals surface area contributed by atoms with Crippen molar-refractivity contribution in [3.63, 3.8) is 0 Å². The summed E-state index contributed by atoms with van der Waals surface area (Å²) in [5.74, 6) is -0.0818. The summed E-state index contributed by atoms with van der Waals surface area (Å²) in [5, 5.41) is 19.4. The van der Waals surface area contributed by atoms with E-state index in [9.17, 15) is 15.0 Å². The number of rotatable bonds is 0. The molecule has 0 aliphatic rings. The lowest BCUT2D eigenvalue weighted by Crippen LogP contribution is -2.00. The molecule has 0 saturated carbocycles. The van der Waals surface area contributed by atoms with E-state index in [1.54, 1.807) is 6.07 Å². The molecule has 84 valence electrons. The minimum Gasteiger partial charge on any atom is -0.508 e. The number of pyridine rings is 1. The van der Waals surface area contributed by atoms with Gasteiger partial charge in [-0.05, 0) is 18.2 Å². The highest BCUT2D eigenvalue weighted by Crippen LogP contribution is 2.25. The van der Waals surface area contributed by atoms with E-state index in [1.807, 2.05) is 0 Å². The first-order chi connectivity index (χ1) is 8.15. The highest BCUT2D eigenvalue weighted by atomic mass is 16.4. The van der Waals surface area contributed by atoms with E-state index in [-0.39, 0.29) is 22.5 Å². The lowest BCUT2D eigenvalue weighted by molar-refractivity contribution is 0.471. The number of nitrogens with zero attached hydrogens (tertiary/aromatic N) is 1. The maximum atomic E-state index is 11.7. The predicted molar refractivity (Wildman–Crippen MR) is 61.1 cm³/mol. The maximum absolute atomic E-state index is 11.7. The van der Waals surface area contributed by atoms with Crippen molar-refractivity contribution in [3.05, 3.63) is 40.9 Å². The average molecular weight is 229 g/mol. The molecule has 0 aliphatic heterocycles. The Morgan fingerprint density at radius 1 is 1.06 bits per heavy atom. The molecule has 0 unspecified atom stereocenters. The molecular formula is C12H7NO4. The second kappa shape index (κ2) is 3.21. The minimum absolute atomic E-state index is 0.0128. The van der Waals surface area contributed by atoms with E-state index in [4.69, 9.17) is 4.42 Å². The van der Waals surface area contributed by atoms with Crippen LogP contribution in [0.1, 0.15) is 0 Å². The molecule has 0 fully saturated rings. The van der Waals surface area contributed by atoms with Gasteiger partial charge in [-0.25, -0.2) is 4.79 Å². The van der Waals surface area contributed by atoms with Crippen LogP contribution in [0, 0.1) is 0 Å². The van der Waals surface area contributed by atoms with Gasteiger partial charge in [0.2, 0.25) is 0 Å². The number of benzene rings is 1. The van der Waals surface area contributed by atoms with E-state index in [2.05, 4.69) is 4.98 Å². The van der Waals surface area contributed by atoms with E-state index >= 15 is 0 Å². The Morgan fingerprint density at radius 2 is 1.88 bits per heavy atom. The Labute approximate surface area is 94.6 Å². The molecule has 2 heterocycles. The van der Waals surface area contributed by atoms with Crippen molar-refractivity contribution in [1.82, 2.24) is 4.98 Å². The fourth-order valence-electron chi connectivity index (χ4n) is 1.77. The molecule has 0 saturated heterocycles. The number of phenols is 1. The molecule has 0 bridgehead atoms. The third-order valence-electron chi connectivity index (χ3n) is 2.52. The normalized spacial score (nSPS) is 11.1. The maximum Gasteiger partial charge on any atom is 0.345 e. The van der Waals surface area contributed by atoms with Crippen molar-refractivity contribution in [3.8, 4) is 11.5 Å². The third-order valence-corrected chi connectivity index (χ3v) is 2.52. The fourth-order valence-corrected chi connectivity index (χ4v) is 1.77. The summed E-state index contributed by atoms with van der Waals surface area (Å²) in [6, 6.07) is 5.75. The van der Waals surface area contributed by atoms with Gasteiger partial charge in [-0.2, -0.15) is 0 Å². The molecule has 0 aliphatic carbocycles. The summed E-state index contributed by atoms with van der Waals surface area (Å²) in [6.45, 7) is 0. The SMILES string of the molecule is O=c1oc2cc(O)ccc2c2ncc(O)cc12. The molecule has 0 atom stereocenters. The molecule has 0 amide bonds. The summed E-state index contributed by atoms with van der Waals surface area (Å²) in [6.07, 6.45) is 1.26. The summed E-state index contributed by atoms with van der Waals surface area (Å²) in [7, 11) is 0. The van der Waals surface area contributed by atoms with E-state index in [0.717, 1.165) is 0 Å². The van der Waals surface area contributed by atoms with Crippen molar-refractivity contribution in [2.75, 3.05) is 0 Å². The van der Waals surface area contributed by atoms with Gasteiger partial charge in [0.15, 0.2) is 0 Å². The zero-order valence-electron chi connectivity index (χ0n) is 8.54. The first-order valence-electron chi connectivity index (χ1n) is 4.90. The van der Waals surface area contributed by atoms with Crippen molar-refractivity contribution in [1.29, 1.82) is 0 Å². The first kappa shape index (κ1) is 9.65. The Hall–Kier alpha value is -2.56. The zero-order valence-corrected chi connectivity index (χ0v) is 8.54. The van der Waals surface area contributed by atoms with Crippen LogP contribution in [-0.4, -0.2) is 15.2 Å². The van der Waals surface area contributed by atoms with Gasteiger partial charge in [-0.1, -0.05) is 0 Å². The van der Waals surface area contributed by atoms with Crippen LogP contribution in [0.3, 0.4) is 0 Å². The molecule has 1 aromatic carbocycles. The van der Waals surface area contributed by atoms with Gasteiger partial charge < -0.3 is 14.6 Å². The van der Waals surface area contributed by atoms with E-state index in [1.165, 1.54) is 24.4 Å². The summed E-state index contributed by atoms with van der Waals surface area (Å²) in [4.78, 5) is 15.7. The van der Waals surface area contributed by atoms with Gasteiger partial charge in [0.05, 0.1) is 17.1 Å². The van der Waals surface area contributed by atoms with Gasteiger partial charge >= 0.3 is 5.63 Å². The Morgan fingerprint density at radius 3 is 2.71 bits per heavy atom. The lowest BCUT2D eigenvalue weighted by atomic mass is 10.1. The van der Waals surface area contributed by atoms with E-state index < -0.39 is 5.63 Å². The van der Waals surface area contributed by atoms with Crippen LogP contribution in [0.15, 0.2) is 39.7 Å². The monoisotopic (exact) mass is 229 g/mol. The highest BCUT2D eigenvalue weighted by molar-refractivity contribution is 6.02. The van der Waals surface area contributed by atoms with Crippen molar-refractivity contribution in [2.24, 2.45) is 0 Å². The van der Waals surface area contributed by atoms with Gasteiger partial charge in [0, 0.05) is 11.5 Å².